The zero-order chi connectivity index (χ0) is 71.4. The van der Waals surface area contributed by atoms with Gasteiger partial charge in [0.2, 0.25) is 0 Å². The topological polar surface area (TPSA) is 45.5 Å². The molecule has 506 valence electrons. The van der Waals surface area contributed by atoms with Crippen molar-refractivity contribution in [2.75, 3.05) is 0 Å². The average Bonchev–Trinajstić information content (AvgIpc) is 1.63. The van der Waals surface area contributed by atoms with Gasteiger partial charge < -0.3 is 18.3 Å². The van der Waals surface area contributed by atoms with Gasteiger partial charge in [0.25, 0.3) is 0 Å². The number of benzene rings is 16. The van der Waals surface area contributed by atoms with Gasteiger partial charge >= 0.3 is 0 Å². The fourth-order valence-corrected chi connectivity index (χ4v) is 19.2. The summed E-state index contributed by atoms with van der Waals surface area (Å²) in [5.41, 5.74) is 32.7. The van der Waals surface area contributed by atoms with E-state index in [-0.39, 0.29) is 10.8 Å². The first-order chi connectivity index (χ1) is 53.1. The first-order valence-corrected chi connectivity index (χ1v) is 37.6. The predicted octanol–water partition coefficient (Wildman–Crippen LogP) is 26.5. The van der Waals surface area contributed by atoms with Crippen LogP contribution in [-0.4, -0.2) is 28.2 Å². The molecular formula is C102H68N6. The maximum atomic E-state index is 5.76. The van der Waals surface area contributed by atoms with E-state index in [1.807, 2.05) is 0 Å². The minimum Gasteiger partial charge on any atom is -0.309 e. The lowest BCUT2D eigenvalue weighted by atomic mass is 9.82. The lowest BCUT2D eigenvalue weighted by molar-refractivity contribution is 0.660. The van der Waals surface area contributed by atoms with E-state index >= 15 is 0 Å². The van der Waals surface area contributed by atoms with Crippen LogP contribution in [0.2, 0.25) is 0 Å². The van der Waals surface area contributed by atoms with Gasteiger partial charge in [0.05, 0.1) is 55.3 Å². The van der Waals surface area contributed by atoms with E-state index in [4.69, 9.17) is 9.97 Å². The van der Waals surface area contributed by atoms with Crippen molar-refractivity contribution in [2.45, 2.75) is 38.5 Å². The van der Waals surface area contributed by atoms with E-state index in [2.05, 4.69) is 386 Å². The molecule has 0 aliphatic heterocycles. The van der Waals surface area contributed by atoms with E-state index in [0.29, 0.717) is 5.82 Å². The molecule has 23 rings (SSSR count). The van der Waals surface area contributed by atoms with Crippen molar-refractivity contribution >= 4 is 109 Å². The second-order valence-electron chi connectivity index (χ2n) is 30.8. The molecule has 0 atom stereocenters. The van der Waals surface area contributed by atoms with Gasteiger partial charge in [0.15, 0.2) is 5.82 Å². The molecule has 108 heavy (non-hydrogen) atoms. The summed E-state index contributed by atoms with van der Waals surface area (Å²) < 4.78 is 9.80. The van der Waals surface area contributed by atoms with E-state index in [9.17, 15) is 0 Å². The minimum absolute atomic E-state index is 0.109. The third-order valence-corrected chi connectivity index (χ3v) is 24.3. The minimum atomic E-state index is -0.110. The van der Waals surface area contributed by atoms with Gasteiger partial charge in [-0.2, -0.15) is 0 Å². The lowest BCUT2D eigenvalue weighted by Crippen LogP contribution is -2.15. The number of aromatic nitrogens is 6. The van der Waals surface area contributed by atoms with Crippen LogP contribution >= 0.6 is 0 Å². The summed E-state index contributed by atoms with van der Waals surface area (Å²) in [7, 11) is 0. The average molecular weight is 1380 g/mol. The van der Waals surface area contributed by atoms with E-state index < -0.39 is 0 Å². The monoisotopic (exact) mass is 1380 g/mol. The molecule has 2 aliphatic carbocycles. The molecule has 5 heterocycles. The Morgan fingerprint density at radius 2 is 0.602 bits per heavy atom. The highest BCUT2D eigenvalue weighted by molar-refractivity contribution is 6.16. The number of hydrogen-bond acceptors (Lipinski definition) is 2. The summed E-state index contributed by atoms with van der Waals surface area (Å²) in [4.78, 5) is 11.3. The van der Waals surface area contributed by atoms with Crippen LogP contribution in [0, 0.1) is 0 Å². The Morgan fingerprint density at radius 1 is 0.222 bits per heavy atom. The standard InChI is InChI=1S/C102H68N6/c1-101(2)85-33-13-7-27-73(85)75-48-44-70(59-87(75)101)105-92-37-17-11-31-79(92)83-55-62(42-51-94(83)105)64-39-46-81-77-29-9-15-35-90(77)107(96(81)57-64)68-24-19-22-66(53-68)99-98-72-26-6-5-21-61(72)41-50-89(98)103-100(104-99)67-23-20-25-69(54-67)108-91-36-16-10-30-78(91)82-47-40-65(58-97(82)108)63-43-52-95-84(56-63)80-32-12-18-38-93(80)106(95)71-45-49-76-74-28-8-14-34-86(74)102(3,4)88(76)60-71/h5-60H,1-4H3. The highest BCUT2D eigenvalue weighted by Crippen LogP contribution is 2.52. The molecule has 16 aromatic carbocycles. The highest BCUT2D eigenvalue weighted by atomic mass is 15.0. The van der Waals surface area contributed by atoms with Crippen molar-refractivity contribution in [3.63, 3.8) is 0 Å². The SMILES string of the molecule is CC1(C)c2ccccc2-c2ccc(-n3c4ccccc4c4cc(-c5ccc6c7ccccc7n(-c7cccc(-c8nc(-c9cccc(-n%10c%11ccccc%11c%11ccc(-c%12ccc%13c(c%12)c%12ccccc%12n%13-c%12ccc%13c(c%12)C(C)(C)c%12ccccc%12-%13)cc%11%10)c9)c9c(ccc%10ccccc%109)n8)c7)c6c5)ccc43)cc21. The molecule has 0 radical (unpaired) electrons. The van der Waals surface area contributed by atoms with Gasteiger partial charge in [-0.25, -0.2) is 9.97 Å². The lowest BCUT2D eigenvalue weighted by Gasteiger charge is -2.22. The van der Waals surface area contributed by atoms with Crippen molar-refractivity contribution in [3.8, 4) is 89.9 Å². The van der Waals surface area contributed by atoms with Crippen molar-refractivity contribution in [3.05, 3.63) is 362 Å². The molecule has 21 aromatic rings. The quantitative estimate of drug-likeness (QED) is 0.142. The maximum Gasteiger partial charge on any atom is 0.160 e. The Hall–Kier alpha value is -13.7. The molecule has 0 spiro atoms. The van der Waals surface area contributed by atoms with Crippen LogP contribution in [0.3, 0.4) is 0 Å². The van der Waals surface area contributed by atoms with Crippen molar-refractivity contribution in [1.82, 2.24) is 28.2 Å². The second-order valence-corrected chi connectivity index (χ2v) is 30.8. The third kappa shape index (κ3) is 8.65. The Balaban J connectivity index is 0.631. The Bertz CT molecular complexity index is 7510. The molecular weight excluding hydrogens is 1310 g/mol. The number of fused-ring (bicyclic) bond motifs is 21. The van der Waals surface area contributed by atoms with E-state index in [0.717, 1.165) is 88.6 Å². The third-order valence-electron chi connectivity index (χ3n) is 24.3. The highest BCUT2D eigenvalue weighted by Gasteiger charge is 2.37. The summed E-state index contributed by atoms with van der Waals surface area (Å²) >= 11 is 0. The zero-order valence-electron chi connectivity index (χ0n) is 60.0. The Kier molecular flexibility index (Phi) is 12.6. The summed E-state index contributed by atoms with van der Waals surface area (Å²) in [6.07, 6.45) is 0. The molecule has 0 unspecified atom stereocenters. The molecule has 0 saturated heterocycles. The van der Waals surface area contributed by atoms with Crippen molar-refractivity contribution in [1.29, 1.82) is 0 Å². The summed E-state index contributed by atoms with van der Waals surface area (Å²) in [5.74, 6) is 0.659. The molecule has 0 bridgehead atoms. The van der Waals surface area contributed by atoms with Crippen LogP contribution in [-0.2, 0) is 10.8 Å². The normalized spacial score (nSPS) is 13.5. The largest absolute Gasteiger partial charge is 0.309 e. The number of nitrogens with zero attached hydrogens (tertiary/aromatic N) is 6. The van der Waals surface area contributed by atoms with Gasteiger partial charge in [0, 0.05) is 93.2 Å². The van der Waals surface area contributed by atoms with E-state index in [1.54, 1.807) is 0 Å². The summed E-state index contributed by atoms with van der Waals surface area (Å²) in [5, 5.41) is 13.0. The van der Waals surface area contributed by atoms with Crippen LogP contribution in [0.4, 0.5) is 0 Å². The molecule has 5 aromatic heterocycles. The molecule has 0 fully saturated rings. The Labute approximate surface area is 623 Å². The van der Waals surface area contributed by atoms with Gasteiger partial charge in [-0.1, -0.05) is 252 Å². The van der Waals surface area contributed by atoms with Gasteiger partial charge in [0.1, 0.15) is 0 Å². The summed E-state index contributed by atoms with van der Waals surface area (Å²) in [6, 6.07) is 126. The number of rotatable bonds is 8. The Morgan fingerprint density at radius 3 is 1.12 bits per heavy atom. The number of para-hydroxylation sites is 4. The number of hydrogen-bond donors (Lipinski definition) is 0. The first-order valence-electron chi connectivity index (χ1n) is 37.6. The second kappa shape index (κ2) is 22.4. The van der Waals surface area contributed by atoms with Gasteiger partial charge in [-0.15, -0.1) is 0 Å². The van der Waals surface area contributed by atoms with Crippen LogP contribution in [0.25, 0.3) is 199 Å². The van der Waals surface area contributed by atoms with E-state index in [1.165, 1.54) is 127 Å². The molecule has 2 aliphatic rings. The fraction of sp³-hybridized carbons (Fsp3) is 0.0588. The molecule has 6 heteroatoms. The van der Waals surface area contributed by atoms with Gasteiger partial charge in [-0.05, 0) is 193 Å². The fourth-order valence-electron chi connectivity index (χ4n) is 19.2. The van der Waals surface area contributed by atoms with Crippen molar-refractivity contribution in [2.24, 2.45) is 0 Å². The van der Waals surface area contributed by atoms with Crippen molar-refractivity contribution < 1.29 is 0 Å². The summed E-state index contributed by atoms with van der Waals surface area (Å²) in [6.45, 7) is 9.45. The molecule has 0 saturated carbocycles. The predicted molar refractivity (Wildman–Crippen MR) is 451 cm³/mol. The smallest absolute Gasteiger partial charge is 0.160 e. The van der Waals surface area contributed by atoms with Crippen LogP contribution < -0.4 is 0 Å². The first kappa shape index (κ1) is 60.7. The maximum absolute atomic E-state index is 5.76. The zero-order valence-corrected chi connectivity index (χ0v) is 60.0. The van der Waals surface area contributed by atoms with Crippen LogP contribution in [0.1, 0.15) is 49.9 Å². The van der Waals surface area contributed by atoms with Crippen LogP contribution in [0.5, 0.6) is 0 Å². The van der Waals surface area contributed by atoms with Crippen LogP contribution in [0.15, 0.2) is 340 Å². The molecule has 0 amide bonds. The molecule has 6 nitrogen and oxygen atoms in total. The van der Waals surface area contributed by atoms with Gasteiger partial charge in [-0.3, -0.25) is 0 Å². The molecule has 0 N–H and O–H groups in total.